The quantitative estimate of drug-likeness (QED) is 0.472. The van der Waals surface area contributed by atoms with Gasteiger partial charge >= 0.3 is 26.2 Å². The van der Waals surface area contributed by atoms with Crippen molar-refractivity contribution in [1.29, 1.82) is 0 Å². The molecule has 0 aliphatic heterocycles. The molecule has 0 aliphatic carbocycles. The number of nitrogens with one attached hydrogen (secondary N) is 4. The molecular formula is C8H28N4Zr+4. The van der Waals surface area contributed by atoms with Crippen LogP contribution in [0.1, 0.15) is 0 Å². The summed E-state index contributed by atoms with van der Waals surface area (Å²) in [5, 5.41) is 11.0. The van der Waals surface area contributed by atoms with Crippen LogP contribution in [0.15, 0.2) is 0 Å². The van der Waals surface area contributed by atoms with E-state index in [1.54, 1.807) is 0 Å². The van der Waals surface area contributed by atoms with E-state index in [1.807, 2.05) is 56.4 Å². The standard InChI is InChI=1S/4C2H7N.Zr/c4*1-3-2;/h4*3H,1-2H3;/q;;;;+4. The SMILES string of the molecule is CNC.CNC.CNC.CNC.[Zr+4]. The predicted molar refractivity (Wildman–Crippen MR) is 59.9 cm³/mol. The summed E-state index contributed by atoms with van der Waals surface area (Å²) in [7, 11) is 15.0. The molecule has 80 valence electrons. The van der Waals surface area contributed by atoms with Crippen LogP contribution < -0.4 is 21.3 Å². The van der Waals surface area contributed by atoms with Gasteiger partial charge in [0.1, 0.15) is 0 Å². The van der Waals surface area contributed by atoms with Gasteiger partial charge in [-0.2, -0.15) is 0 Å². The third-order valence-corrected chi connectivity index (χ3v) is 0. The van der Waals surface area contributed by atoms with E-state index >= 15 is 0 Å². The normalized spacial score (nSPS) is 5.54. The van der Waals surface area contributed by atoms with E-state index in [-0.39, 0.29) is 26.2 Å². The van der Waals surface area contributed by atoms with Crippen molar-refractivity contribution in [3.8, 4) is 0 Å². The molecule has 0 fully saturated rings. The average molecular weight is 272 g/mol. The van der Waals surface area contributed by atoms with Crippen molar-refractivity contribution in [1.82, 2.24) is 21.3 Å². The minimum Gasteiger partial charge on any atom is -0.323 e. The largest absolute Gasteiger partial charge is 4.00 e. The molecule has 0 aromatic rings. The number of hydrogen-bond donors (Lipinski definition) is 4. The molecule has 0 rings (SSSR count). The molecule has 0 atom stereocenters. The Morgan fingerprint density at radius 2 is 0.385 bits per heavy atom. The van der Waals surface area contributed by atoms with Gasteiger partial charge in [0.15, 0.2) is 0 Å². The minimum absolute atomic E-state index is 0. The Kier molecular flexibility index (Phi) is 176. The van der Waals surface area contributed by atoms with Crippen molar-refractivity contribution < 1.29 is 26.2 Å². The fourth-order valence-electron chi connectivity index (χ4n) is 0. The van der Waals surface area contributed by atoms with Crippen LogP contribution in [-0.2, 0) is 26.2 Å². The predicted octanol–water partition coefficient (Wildman–Crippen LogP) is -0.660. The summed E-state index contributed by atoms with van der Waals surface area (Å²) in [6.07, 6.45) is 0. The molecule has 4 N–H and O–H groups in total. The second-order valence-electron chi connectivity index (χ2n) is 2.00. The first-order valence-corrected chi connectivity index (χ1v) is 4.00. The van der Waals surface area contributed by atoms with Crippen molar-refractivity contribution in [2.24, 2.45) is 0 Å². The van der Waals surface area contributed by atoms with Gasteiger partial charge in [-0.05, 0) is 56.4 Å². The first-order chi connectivity index (χ1) is 5.66. The Hall–Kier alpha value is 0.723. The van der Waals surface area contributed by atoms with Crippen molar-refractivity contribution >= 4 is 0 Å². The van der Waals surface area contributed by atoms with E-state index in [4.69, 9.17) is 0 Å². The van der Waals surface area contributed by atoms with E-state index in [0.717, 1.165) is 0 Å². The maximum Gasteiger partial charge on any atom is 4.00 e. The fraction of sp³-hybridized carbons (Fsp3) is 1.00. The van der Waals surface area contributed by atoms with E-state index in [0.29, 0.717) is 0 Å². The summed E-state index contributed by atoms with van der Waals surface area (Å²) < 4.78 is 0. The molecule has 13 heavy (non-hydrogen) atoms. The van der Waals surface area contributed by atoms with Crippen LogP contribution in [0.25, 0.3) is 0 Å². The van der Waals surface area contributed by atoms with Crippen LogP contribution in [0.4, 0.5) is 0 Å². The first kappa shape index (κ1) is 29.2. The molecule has 0 saturated carbocycles. The Morgan fingerprint density at radius 1 is 0.385 bits per heavy atom. The maximum atomic E-state index is 2.75. The third kappa shape index (κ3) is 2800. The van der Waals surface area contributed by atoms with Crippen LogP contribution >= 0.6 is 0 Å². The topological polar surface area (TPSA) is 48.1 Å². The molecule has 0 unspecified atom stereocenters. The fourth-order valence-corrected chi connectivity index (χ4v) is 0. The van der Waals surface area contributed by atoms with E-state index in [1.165, 1.54) is 0 Å². The molecule has 5 heteroatoms. The van der Waals surface area contributed by atoms with Crippen molar-refractivity contribution in [3.05, 3.63) is 0 Å². The van der Waals surface area contributed by atoms with Gasteiger partial charge in [-0.25, -0.2) is 0 Å². The maximum absolute atomic E-state index is 2.75. The zero-order valence-electron chi connectivity index (χ0n) is 10.5. The van der Waals surface area contributed by atoms with Crippen molar-refractivity contribution in [2.45, 2.75) is 0 Å². The van der Waals surface area contributed by atoms with Gasteiger partial charge in [-0.15, -0.1) is 0 Å². The van der Waals surface area contributed by atoms with Gasteiger partial charge in [-0.1, -0.05) is 0 Å². The molecule has 0 amide bonds. The third-order valence-electron chi connectivity index (χ3n) is 0. The Balaban J connectivity index is -0.0000000213. The summed E-state index contributed by atoms with van der Waals surface area (Å²) in [6, 6.07) is 0. The summed E-state index contributed by atoms with van der Waals surface area (Å²) in [5.74, 6) is 0. The van der Waals surface area contributed by atoms with Crippen molar-refractivity contribution in [2.75, 3.05) is 56.4 Å². The molecule has 0 heterocycles. The van der Waals surface area contributed by atoms with Crippen LogP contribution in [-0.4, -0.2) is 56.4 Å². The average Bonchev–Trinajstić information content (AvgIpc) is 1.92. The van der Waals surface area contributed by atoms with Gasteiger partial charge in [-0.3, -0.25) is 0 Å². The van der Waals surface area contributed by atoms with Gasteiger partial charge < -0.3 is 21.3 Å². The van der Waals surface area contributed by atoms with Crippen LogP contribution in [0.5, 0.6) is 0 Å². The van der Waals surface area contributed by atoms with Crippen LogP contribution in [0, 0.1) is 0 Å². The minimum atomic E-state index is 0. The Bertz CT molecular complexity index is 24.1. The zero-order chi connectivity index (χ0) is 10.8. The smallest absolute Gasteiger partial charge is 0.323 e. The van der Waals surface area contributed by atoms with Crippen molar-refractivity contribution in [3.63, 3.8) is 0 Å². The van der Waals surface area contributed by atoms with Crippen LogP contribution in [0.2, 0.25) is 0 Å². The molecule has 0 saturated heterocycles. The molecule has 0 spiro atoms. The molecule has 0 aromatic carbocycles. The summed E-state index contributed by atoms with van der Waals surface area (Å²) in [5.41, 5.74) is 0. The summed E-state index contributed by atoms with van der Waals surface area (Å²) in [4.78, 5) is 0. The molecule has 0 radical (unpaired) electrons. The zero-order valence-corrected chi connectivity index (χ0v) is 13.0. The molecular weight excluding hydrogens is 243 g/mol. The number of hydrogen-bond acceptors (Lipinski definition) is 4. The van der Waals surface area contributed by atoms with E-state index < -0.39 is 0 Å². The van der Waals surface area contributed by atoms with Gasteiger partial charge in [0.2, 0.25) is 0 Å². The number of rotatable bonds is 0. The Morgan fingerprint density at radius 3 is 0.385 bits per heavy atom. The molecule has 0 aliphatic rings. The van der Waals surface area contributed by atoms with Crippen LogP contribution in [0.3, 0.4) is 0 Å². The molecule has 0 aromatic heterocycles. The second-order valence-corrected chi connectivity index (χ2v) is 2.00. The summed E-state index contributed by atoms with van der Waals surface area (Å²) in [6.45, 7) is 0. The van der Waals surface area contributed by atoms with E-state index in [2.05, 4.69) is 21.3 Å². The summed E-state index contributed by atoms with van der Waals surface area (Å²) >= 11 is 0. The first-order valence-electron chi connectivity index (χ1n) is 4.00. The van der Waals surface area contributed by atoms with Gasteiger partial charge in [0, 0.05) is 0 Å². The van der Waals surface area contributed by atoms with Gasteiger partial charge in [0.25, 0.3) is 0 Å². The molecule has 4 nitrogen and oxygen atoms in total. The molecule has 0 bridgehead atoms. The van der Waals surface area contributed by atoms with Gasteiger partial charge in [0.05, 0.1) is 0 Å². The Labute approximate surface area is 104 Å². The monoisotopic (exact) mass is 270 g/mol. The van der Waals surface area contributed by atoms with E-state index in [9.17, 15) is 0 Å². The second kappa shape index (κ2) is 78.4.